The van der Waals surface area contributed by atoms with Crippen LogP contribution < -0.4 is 5.32 Å². The number of nitrogens with one attached hydrogen (secondary N) is 2. The van der Waals surface area contributed by atoms with Crippen LogP contribution in [0, 0.1) is 12.8 Å². The summed E-state index contributed by atoms with van der Waals surface area (Å²) < 4.78 is 31.3. The summed E-state index contributed by atoms with van der Waals surface area (Å²) in [5.41, 5.74) is 4.73. The van der Waals surface area contributed by atoms with E-state index in [1.165, 1.54) is 31.4 Å². The van der Waals surface area contributed by atoms with E-state index in [1.54, 1.807) is 25.1 Å². The summed E-state index contributed by atoms with van der Waals surface area (Å²) in [5, 5.41) is 3.62. The van der Waals surface area contributed by atoms with Crippen LogP contribution in [0.2, 0.25) is 0 Å². The monoisotopic (exact) mass is 483 g/mol. The molecule has 0 saturated carbocycles. The standard InChI is InChI=1S/C25H29N3O5S/c1-15-5-9-21-19(11-15)20-12-17(7-10-22(20)27-21)25(30)33-14-24(29)26-18-8-6-16(2)23(13-18)34(31,32)28(3)4/h6-8,10,12-13,15,27H,5,9,11,14H2,1-4H3,(H,26,29). The van der Waals surface area contributed by atoms with Crippen LogP contribution in [-0.4, -0.2) is 50.3 Å². The van der Waals surface area contributed by atoms with Crippen molar-refractivity contribution in [1.29, 1.82) is 0 Å². The normalized spacial score (nSPS) is 15.9. The molecule has 34 heavy (non-hydrogen) atoms. The number of sulfonamides is 1. The van der Waals surface area contributed by atoms with Crippen molar-refractivity contribution in [2.75, 3.05) is 26.0 Å². The number of anilines is 1. The molecule has 0 spiro atoms. The Labute approximate surface area is 199 Å². The summed E-state index contributed by atoms with van der Waals surface area (Å²) in [7, 11) is -0.767. The summed E-state index contributed by atoms with van der Waals surface area (Å²) >= 11 is 0. The molecule has 4 rings (SSSR count). The molecule has 0 saturated heterocycles. The highest BCUT2D eigenvalue weighted by Crippen LogP contribution is 2.32. The summed E-state index contributed by atoms with van der Waals surface area (Å²) in [5.74, 6) is -0.546. The van der Waals surface area contributed by atoms with E-state index in [0.29, 0.717) is 22.7 Å². The van der Waals surface area contributed by atoms with E-state index >= 15 is 0 Å². The van der Waals surface area contributed by atoms with Gasteiger partial charge in [0.1, 0.15) is 0 Å². The Morgan fingerprint density at radius 3 is 2.68 bits per heavy atom. The molecule has 2 aromatic carbocycles. The lowest BCUT2D eigenvalue weighted by atomic mass is 9.87. The van der Waals surface area contributed by atoms with Gasteiger partial charge < -0.3 is 15.0 Å². The number of carbonyl (C=O) groups is 2. The van der Waals surface area contributed by atoms with Gasteiger partial charge in [0.2, 0.25) is 10.0 Å². The van der Waals surface area contributed by atoms with Gasteiger partial charge in [-0.15, -0.1) is 0 Å². The molecule has 2 N–H and O–H groups in total. The minimum Gasteiger partial charge on any atom is -0.452 e. The molecule has 3 aromatic rings. The highest BCUT2D eigenvalue weighted by atomic mass is 32.2. The lowest BCUT2D eigenvalue weighted by Gasteiger charge is -2.18. The minimum atomic E-state index is -3.66. The van der Waals surface area contributed by atoms with Crippen molar-refractivity contribution in [3.8, 4) is 0 Å². The minimum absolute atomic E-state index is 0.102. The predicted molar refractivity (Wildman–Crippen MR) is 130 cm³/mol. The number of rotatable bonds is 6. The van der Waals surface area contributed by atoms with E-state index in [9.17, 15) is 18.0 Å². The molecular formula is C25H29N3O5S. The van der Waals surface area contributed by atoms with E-state index in [2.05, 4.69) is 17.2 Å². The molecule has 9 heteroatoms. The number of nitrogens with zero attached hydrogens (tertiary/aromatic N) is 1. The lowest BCUT2D eigenvalue weighted by molar-refractivity contribution is -0.119. The fraction of sp³-hybridized carbons (Fsp3) is 0.360. The predicted octanol–water partition coefficient (Wildman–Crippen LogP) is 3.65. The Morgan fingerprint density at radius 1 is 1.18 bits per heavy atom. The second kappa shape index (κ2) is 9.23. The summed E-state index contributed by atoms with van der Waals surface area (Å²) in [6.45, 7) is 3.43. The third kappa shape index (κ3) is 4.71. The number of hydrogen-bond donors (Lipinski definition) is 2. The van der Waals surface area contributed by atoms with Gasteiger partial charge in [0.25, 0.3) is 5.91 Å². The number of hydrogen-bond acceptors (Lipinski definition) is 5. The van der Waals surface area contributed by atoms with Crippen LogP contribution in [0.3, 0.4) is 0 Å². The second-order valence-corrected chi connectivity index (χ2v) is 11.2. The van der Waals surface area contributed by atoms with Crippen LogP contribution in [-0.2, 0) is 32.4 Å². The molecular weight excluding hydrogens is 454 g/mol. The number of carbonyl (C=O) groups excluding carboxylic acids is 2. The number of H-pyrrole nitrogens is 1. The van der Waals surface area contributed by atoms with Gasteiger partial charge in [0.15, 0.2) is 6.61 Å². The van der Waals surface area contributed by atoms with Crippen LogP contribution in [0.5, 0.6) is 0 Å². The van der Waals surface area contributed by atoms with Crippen molar-refractivity contribution < 1.29 is 22.7 Å². The van der Waals surface area contributed by atoms with Gasteiger partial charge >= 0.3 is 5.97 Å². The number of aryl methyl sites for hydroxylation is 2. The van der Waals surface area contributed by atoms with Gasteiger partial charge in [-0.3, -0.25) is 4.79 Å². The van der Waals surface area contributed by atoms with Gasteiger partial charge in [-0.05, 0) is 73.6 Å². The highest BCUT2D eigenvalue weighted by molar-refractivity contribution is 7.89. The Hall–Kier alpha value is -3.17. The van der Waals surface area contributed by atoms with Crippen LogP contribution in [0.15, 0.2) is 41.3 Å². The van der Waals surface area contributed by atoms with E-state index in [0.717, 1.165) is 34.5 Å². The second-order valence-electron chi connectivity index (χ2n) is 9.08. The van der Waals surface area contributed by atoms with Gasteiger partial charge in [-0.25, -0.2) is 17.5 Å². The van der Waals surface area contributed by atoms with E-state index in [4.69, 9.17) is 4.74 Å². The molecule has 0 bridgehead atoms. The smallest absolute Gasteiger partial charge is 0.338 e. The maximum atomic E-state index is 12.6. The fourth-order valence-corrected chi connectivity index (χ4v) is 5.43. The van der Waals surface area contributed by atoms with Gasteiger partial charge in [0, 0.05) is 36.4 Å². The number of fused-ring (bicyclic) bond motifs is 3. The fourth-order valence-electron chi connectivity index (χ4n) is 4.28. The zero-order valence-corrected chi connectivity index (χ0v) is 20.6. The third-order valence-corrected chi connectivity index (χ3v) is 8.19. The SMILES string of the molecule is Cc1ccc(NC(=O)COC(=O)c2ccc3[nH]c4c(c3c2)CC(C)CC4)cc1S(=O)(=O)N(C)C. The zero-order chi connectivity index (χ0) is 24.6. The molecule has 1 aliphatic rings. The van der Waals surface area contributed by atoms with Crippen molar-refractivity contribution >= 4 is 38.5 Å². The summed E-state index contributed by atoms with van der Waals surface area (Å²) in [6.07, 6.45) is 3.12. The van der Waals surface area contributed by atoms with Crippen molar-refractivity contribution in [2.45, 2.75) is 38.0 Å². The number of ether oxygens (including phenoxy) is 1. The van der Waals surface area contributed by atoms with Crippen molar-refractivity contribution in [2.24, 2.45) is 5.92 Å². The highest BCUT2D eigenvalue weighted by Gasteiger charge is 2.22. The maximum absolute atomic E-state index is 12.6. The zero-order valence-electron chi connectivity index (χ0n) is 19.8. The van der Waals surface area contributed by atoms with Crippen molar-refractivity contribution in [3.05, 3.63) is 58.8 Å². The van der Waals surface area contributed by atoms with Gasteiger partial charge in [0.05, 0.1) is 10.5 Å². The lowest BCUT2D eigenvalue weighted by Crippen LogP contribution is -2.24. The number of amides is 1. The molecule has 1 atom stereocenters. The van der Waals surface area contributed by atoms with E-state index in [1.807, 2.05) is 12.1 Å². The van der Waals surface area contributed by atoms with Crippen LogP contribution in [0.1, 0.15) is 40.5 Å². The molecule has 0 radical (unpaired) electrons. The number of aromatic nitrogens is 1. The number of benzene rings is 2. The molecule has 180 valence electrons. The van der Waals surface area contributed by atoms with Gasteiger partial charge in [-0.1, -0.05) is 13.0 Å². The van der Waals surface area contributed by atoms with Crippen molar-refractivity contribution in [1.82, 2.24) is 9.29 Å². The van der Waals surface area contributed by atoms with E-state index in [-0.39, 0.29) is 4.90 Å². The topological polar surface area (TPSA) is 109 Å². The molecule has 0 fully saturated rings. The average molecular weight is 484 g/mol. The van der Waals surface area contributed by atoms with Gasteiger partial charge in [-0.2, -0.15) is 0 Å². The molecule has 1 unspecified atom stereocenters. The van der Waals surface area contributed by atoms with Crippen LogP contribution in [0.4, 0.5) is 5.69 Å². The Bertz CT molecular complexity index is 1370. The summed E-state index contributed by atoms with van der Waals surface area (Å²) in [6, 6.07) is 10.00. The van der Waals surface area contributed by atoms with Crippen LogP contribution in [0.25, 0.3) is 10.9 Å². The summed E-state index contributed by atoms with van der Waals surface area (Å²) in [4.78, 5) is 28.5. The molecule has 8 nitrogen and oxygen atoms in total. The van der Waals surface area contributed by atoms with Crippen molar-refractivity contribution in [3.63, 3.8) is 0 Å². The first-order valence-electron chi connectivity index (χ1n) is 11.2. The van der Waals surface area contributed by atoms with E-state index < -0.39 is 28.5 Å². The Balaban J connectivity index is 1.43. The molecule has 0 aliphatic heterocycles. The number of esters is 1. The molecule has 1 heterocycles. The largest absolute Gasteiger partial charge is 0.452 e. The quantitative estimate of drug-likeness (QED) is 0.521. The maximum Gasteiger partial charge on any atom is 0.338 e. The first-order valence-corrected chi connectivity index (χ1v) is 12.6. The first-order chi connectivity index (χ1) is 16.1. The Morgan fingerprint density at radius 2 is 1.94 bits per heavy atom. The molecule has 1 aliphatic carbocycles. The molecule has 1 amide bonds. The first kappa shape index (κ1) is 24.0. The number of aromatic amines is 1. The average Bonchev–Trinajstić information content (AvgIpc) is 3.15. The Kier molecular flexibility index (Phi) is 6.51. The third-order valence-electron chi connectivity index (χ3n) is 6.23. The molecule has 1 aromatic heterocycles. The van der Waals surface area contributed by atoms with Crippen LogP contribution >= 0.6 is 0 Å².